The first-order chi connectivity index (χ1) is 11.2. The number of likely N-dealkylation sites (tertiary alicyclic amines) is 1. The lowest BCUT2D eigenvalue weighted by molar-refractivity contribution is -0.131. The van der Waals surface area contributed by atoms with Crippen LogP contribution in [0.15, 0.2) is 18.5 Å². The highest BCUT2D eigenvalue weighted by molar-refractivity contribution is 5.76. The molecule has 2 aliphatic rings. The second kappa shape index (κ2) is 7.70. The highest BCUT2D eigenvalue weighted by atomic mass is 16.3. The molecule has 0 aliphatic carbocycles. The van der Waals surface area contributed by atoms with E-state index in [1.165, 1.54) is 0 Å². The van der Waals surface area contributed by atoms with Crippen molar-refractivity contribution in [2.45, 2.75) is 25.4 Å². The van der Waals surface area contributed by atoms with Gasteiger partial charge in [0.25, 0.3) is 0 Å². The van der Waals surface area contributed by atoms with E-state index in [4.69, 9.17) is 0 Å². The van der Waals surface area contributed by atoms with Gasteiger partial charge in [-0.15, -0.1) is 0 Å². The van der Waals surface area contributed by atoms with Gasteiger partial charge >= 0.3 is 0 Å². The van der Waals surface area contributed by atoms with E-state index in [0.29, 0.717) is 6.42 Å². The molecule has 0 aromatic carbocycles. The molecule has 2 aliphatic heterocycles. The summed E-state index contributed by atoms with van der Waals surface area (Å²) >= 11 is 0. The van der Waals surface area contributed by atoms with Gasteiger partial charge in [-0.25, -0.2) is 9.97 Å². The Labute approximate surface area is 136 Å². The molecule has 0 radical (unpaired) electrons. The van der Waals surface area contributed by atoms with Crippen molar-refractivity contribution < 1.29 is 9.90 Å². The lowest BCUT2D eigenvalue weighted by Gasteiger charge is -2.35. The van der Waals surface area contributed by atoms with Crippen molar-refractivity contribution in [1.82, 2.24) is 19.8 Å². The maximum Gasteiger partial charge on any atom is 0.225 e. The van der Waals surface area contributed by atoms with Crippen LogP contribution in [-0.2, 0) is 4.79 Å². The standard InChI is InChI=1S/C16H25N5O2/c22-14-2-7-19(8-3-14)9-4-15(23)20-10-12-21(13-11-20)16-17-5-1-6-18-16/h1,5-6,14,22H,2-4,7-13H2. The van der Waals surface area contributed by atoms with Gasteiger partial charge in [-0.2, -0.15) is 0 Å². The molecule has 1 amide bonds. The highest BCUT2D eigenvalue weighted by Crippen LogP contribution is 2.12. The Morgan fingerprint density at radius 2 is 1.74 bits per heavy atom. The summed E-state index contributed by atoms with van der Waals surface area (Å²) in [6, 6.07) is 1.81. The topological polar surface area (TPSA) is 72.8 Å². The van der Waals surface area contributed by atoms with E-state index in [2.05, 4.69) is 19.8 Å². The number of carbonyl (C=O) groups excluding carboxylic acids is 1. The van der Waals surface area contributed by atoms with Crippen LogP contribution in [0.5, 0.6) is 0 Å². The van der Waals surface area contributed by atoms with Crippen molar-refractivity contribution in [1.29, 1.82) is 0 Å². The number of hydrogen-bond donors (Lipinski definition) is 1. The minimum atomic E-state index is -0.157. The third-order valence-electron chi connectivity index (χ3n) is 4.67. The van der Waals surface area contributed by atoms with Gasteiger partial charge in [-0.3, -0.25) is 4.79 Å². The average molecular weight is 319 g/mol. The van der Waals surface area contributed by atoms with E-state index < -0.39 is 0 Å². The van der Waals surface area contributed by atoms with Crippen LogP contribution in [0.3, 0.4) is 0 Å². The van der Waals surface area contributed by atoms with Gasteiger partial charge in [-0.05, 0) is 18.9 Å². The molecule has 3 rings (SSSR count). The van der Waals surface area contributed by atoms with Gasteiger partial charge in [0.05, 0.1) is 6.10 Å². The molecule has 2 saturated heterocycles. The van der Waals surface area contributed by atoms with Crippen LogP contribution in [0.1, 0.15) is 19.3 Å². The fourth-order valence-electron chi connectivity index (χ4n) is 3.17. The number of rotatable bonds is 4. The number of piperidine rings is 1. The van der Waals surface area contributed by atoms with Gasteiger partial charge in [0, 0.05) is 64.6 Å². The molecule has 1 aromatic rings. The molecule has 7 heteroatoms. The van der Waals surface area contributed by atoms with Crippen molar-refractivity contribution in [3.63, 3.8) is 0 Å². The zero-order valence-corrected chi connectivity index (χ0v) is 13.5. The molecule has 1 aromatic heterocycles. The van der Waals surface area contributed by atoms with Crippen molar-refractivity contribution in [3.05, 3.63) is 18.5 Å². The Kier molecular flexibility index (Phi) is 5.40. The molecule has 0 bridgehead atoms. The smallest absolute Gasteiger partial charge is 0.225 e. The van der Waals surface area contributed by atoms with Gasteiger partial charge < -0.3 is 19.8 Å². The zero-order chi connectivity index (χ0) is 16.1. The number of hydrogen-bond acceptors (Lipinski definition) is 6. The average Bonchev–Trinajstić information content (AvgIpc) is 2.62. The number of aliphatic hydroxyl groups is 1. The molecule has 0 atom stereocenters. The molecule has 3 heterocycles. The summed E-state index contributed by atoms with van der Waals surface area (Å²) in [4.78, 5) is 27.2. The number of aromatic nitrogens is 2. The number of carbonyl (C=O) groups is 1. The number of aliphatic hydroxyl groups excluding tert-OH is 1. The molecule has 0 spiro atoms. The summed E-state index contributed by atoms with van der Waals surface area (Å²) in [6.45, 7) is 5.62. The van der Waals surface area contributed by atoms with E-state index >= 15 is 0 Å². The molecule has 126 valence electrons. The summed E-state index contributed by atoms with van der Waals surface area (Å²) in [5.74, 6) is 0.969. The summed E-state index contributed by atoms with van der Waals surface area (Å²) < 4.78 is 0. The third-order valence-corrected chi connectivity index (χ3v) is 4.67. The van der Waals surface area contributed by atoms with E-state index in [9.17, 15) is 9.90 Å². The van der Waals surface area contributed by atoms with Crippen LogP contribution >= 0.6 is 0 Å². The van der Waals surface area contributed by atoms with Crippen LogP contribution in [0.2, 0.25) is 0 Å². The van der Waals surface area contributed by atoms with E-state index in [-0.39, 0.29) is 12.0 Å². The minimum absolute atomic E-state index is 0.157. The van der Waals surface area contributed by atoms with Crippen LogP contribution in [-0.4, -0.2) is 82.7 Å². The Hall–Kier alpha value is -1.73. The van der Waals surface area contributed by atoms with Gasteiger partial charge in [0.2, 0.25) is 11.9 Å². The first-order valence-electron chi connectivity index (χ1n) is 8.42. The Morgan fingerprint density at radius 1 is 1.09 bits per heavy atom. The normalized spacial score (nSPS) is 20.7. The van der Waals surface area contributed by atoms with Crippen LogP contribution in [0.25, 0.3) is 0 Å². The monoisotopic (exact) mass is 319 g/mol. The maximum atomic E-state index is 12.3. The molecule has 1 N–H and O–H groups in total. The van der Waals surface area contributed by atoms with Crippen LogP contribution in [0.4, 0.5) is 5.95 Å². The largest absolute Gasteiger partial charge is 0.393 e. The SMILES string of the molecule is O=C(CCN1CCC(O)CC1)N1CCN(c2ncccn2)CC1. The number of piperazine rings is 1. The third kappa shape index (κ3) is 4.39. The summed E-state index contributed by atoms with van der Waals surface area (Å²) in [5, 5.41) is 9.51. The first kappa shape index (κ1) is 16.1. The Bertz CT molecular complexity index is 496. The number of nitrogens with zero attached hydrogens (tertiary/aromatic N) is 5. The lowest BCUT2D eigenvalue weighted by Crippen LogP contribution is -2.50. The predicted molar refractivity (Wildman–Crippen MR) is 87.1 cm³/mol. The minimum Gasteiger partial charge on any atom is -0.393 e. The Morgan fingerprint density at radius 3 is 2.39 bits per heavy atom. The molecule has 2 fully saturated rings. The van der Waals surface area contributed by atoms with Gasteiger partial charge in [0.15, 0.2) is 0 Å². The van der Waals surface area contributed by atoms with Crippen molar-refractivity contribution in [2.24, 2.45) is 0 Å². The lowest BCUT2D eigenvalue weighted by atomic mass is 10.1. The van der Waals surface area contributed by atoms with Gasteiger partial charge in [-0.1, -0.05) is 0 Å². The summed E-state index contributed by atoms with van der Waals surface area (Å²) in [7, 11) is 0. The van der Waals surface area contributed by atoms with Crippen molar-refractivity contribution in [3.8, 4) is 0 Å². The summed E-state index contributed by atoms with van der Waals surface area (Å²) in [6.07, 6.45) is 5.55. The fraction of sp³-hybridized carbons (Fsp3) is 0.688. The quantitative estimate of drug-likeness (QED) is 0.840. The zero-order valence-electron chi connectivity index (χ0n) is 13.5. The molecule has 23 heavy (non-hydrogen) atoms. The van der Waals surface area contributed by atoms with E-state index in [1.807, 2.05) is 11.0 Å². The second-order valence-electron chi connectivity index (χ2n) is 6.24. The van der Waals surface area contributed by atoms with Gasteiger partial charge in [0.1, 0.15) is 0 Å². The summed E-state index contributed by atoms with van der Waals surface area (Å²) in [5.41, 5.74) is 0. The first-order valence-corrected chi connectivity index (χ1v) is 8.42. The molecular formula is C16H25N5O2. The second-order valence-corrected chi connectivity index (χ2v) is 6.24. The number of anilines is 1. The predicted octanol–water partition coefficient (Wildman–Crippen LogP) is -0.0280. The molecule has 0 saturated carbocycles. The van der Waals surface area contributed by atoms with Crippen molar-refractivity contribution in [2.75, 3.05) is 50.7 Å². The Balaban J connectivity index is 1.40. The molecular weight excluding hydrogens is 294 g/mol. The number of amides is 1. The molecule has 0 unspecified atom stereocenters. The fourth-order valence-corrected chi connectivity index (χ4v) is 3.17. The maximum absolute atomic E-state index is 12.3. The highest BCUT2D eigenvalue weighted by Gasteiger charge is 2.23. The van der Waals surface area contributed by atoms with Crippen LogP contribution in [0, 0.1) is 0 Å². The molecule has 7 nitrogen and oxygen atoms in total. The van der Waals surface area contributed by atoms with Crippen molar-refractivity contribution >= 4 is 11.9 Å². The van der Waals surface area contributed by atoms with E-state index in [1.54, 1.807) is 12.4 Å². The van der Waals surface area contributed by atoms with Crippen LogP contribution < -0.4 is 4.90 Å². The van der Waals surface area contributed by atoms with E-state index in [0.717, 1.165) is 64.6 Å².